The molecule has 0 spiro atoms. The molecule has 0 heterocycles. The Balaban J connectivity index is 1.63. The maximum Gasteiger partial charge on any atom is 0.230 e. The number of ether oxygens (including phenoxy) is 1. The lowest BCUT2D eigenvalue weighted by molar-refractivity contribution is -0.118. The molecule has 2 amide bonds. The zero-order chi connectivity index (χ0) is 17.2. The number of carbonyl (C=O) groups is 2. The van der Waals surface area contributed by atoms with E-state index in [1.54, 1.807) is 0 Å². The Morgan fingerprint density at radius 3 is 2.42 bits per heavy atom. The van der Waals surface area contributed by atoms with Crippen LogP contribution in [0.4, 0.5) is 5.69 Å². The second kappa shape index (κ2) is 9.62. The molecule has 0 atom stereocenters. The summed E-state index contributed by atoms with van der Waals surface area (Å²) in [4.78, 5) is 23.7. The molecular formula is C18H20N2O3S. The van der Waals surface area contributed by atoms with Gasteiger partial charge in [0.2, 0.25) is 11.8 Å². The van der Waals surface area contributed by atoms with Crippen LogP contribution >= 0.6 is 11.8 Å². The van der Waals surface area contributed by atoms with Crippen molar-refractivity contribution in [2.24, 2.45) is 0 Å². The van der Waals surface area contributed by atoms with Crippen LogP contribution in [0.1, 0.15) is 6.92 Å². The third-order valence-electron chi connectivity index (χ3n) is 2.98. The number of rotatable bonds is 8. The Morgan fingerprint density at radius 1 is 1.04 bits per heavy atom. The number of amides is 2. The summed E-state index contributed by atoms with van der Waals surface area (Å²) < 4.78 is 5.51. The average Bonchev–Trinajstić information content (AvgIpc) is 2.58. The maximum absolute atomic E-state index is 11.8. The molecule has 0 aromatic heterocycles. The molecule has 5 nitrogen and oxygen atoms in total. The van der Waals surface area contributed by atoms with Gasteiger partial charge in [-0.15, -0.1) is 11.8 Å². The Labute approximate surface area is 145 Å². The van der Waals surface area contributed by atoms with Crippen LogP contribution < -0.4 is 15.4 Å². The van der Waals surface area contributed by atoms with Crippen molar-refractivity contribution in [3.8, 4) is 5.75 Å². The Kier molecular flexibility index (Phi) is 7.17. The summed E-state index contributed by atoms with van der Waals surface area (Å²) in [5.74, 6) is 0.987. The van der Waals surface area contributed by atoms with Gasteiger partial charge in [0.1, 0.15) is 12.4 Å². The van der Waals surface area contributed by atoms with Crippen LogP contribution in [0.2, 0.25) is 0 Å². The SMILES string of the molecule is CC(=O)Nc1ccc(SCC(=O)NCCOc2ccccc2)cc1. The molecule has 126 valence electrons. The van der Waals surface area contributed by atoms with Gasteiger partial charge in [0.15, 0.2) is 0 Å². The fourth-order valence-corrected chi connectivity index (χ4v) is 2.64. The van der Waals surface area contributed by atoms with Gasteiger partial charge in [0.25, 0.3) is 0 Å². The molecule has 2 N–H and O–H groups in total. The molecular weight excluding hydrogens is 324 g/mol. The molecule has 0 aliphatic carbocycles. The second-order valence-corrected chi connectivity index (χ2v) is 6.05. The number of benzene rings is 2. The molecule has 0 saturated carbocycles. The minimum absolute atomic E-state index is 0.0393. The third-order valence-corrected chi connectivity index (χ3v) is 3.99. The monoisotopic (exact) mass is 344 g/mol. The highest BCUT2D eigenvalue weighted by Crippen LogP contribution is 2.20. The van der Waals surface area contributed by atoms with Gasteiger partial charge < -0.3 is 15.4 Å². The molecule has 2 aromatic carbocycles. The number of nitrogens with one attached hydrogen (secondary N) is 2. The van der Waals surface area contributed by atoms with E-state index in [1.165, 1.54) is 18.7 Å². The summed E-state index contributed by atoms with van der Waals surface area (Å²) >= 11 is 1.44. The number of hydrogen-bond donors (Lipinski definition) is 2. The van der Waals surface area contributed by atoms with Crippen molar-refractivity contribution < 1.29 is 14.3 Å². The van der Waals surface area contributed by atoms with Gasteiger partial charge in [-0.05, 0) is 36.4 Å². The summed E-state index contributed by atoms with van der Waals surface area (Å²) in [6.45, 7) is 2.37. The van der Waals surface area contributed by atoms with Crippen molar-refractivity contribution in [2.75, 3.05) is 24.2 Å². The van der Waals surface area contributed by atoms with E-state index in [-0.39, 0.29) is 11.8 Å². The van der Waals surface area contributed by atoms with Gasteiger partial charge in [-0.25, -0.2) is 0 Å². The lowest BCUT2D eigenvalue weighted by atomic mass is 10.3. The van der Waals surface area contributed by atoms with Gasteiger partial charge in [-0.1, -0.05) is 18.2 Å². The molecule has 2 rings (SSSR count). The maximum atomic E-state index is 11.8. The summed E-state index contributed by atoms with van der Waals surface area (Å²) in [6.07, 6.45) is 0. The molecule has 0 aliphatic rings. The normalized spacial score (nSPS) is 10.0. The summed E-state index contributed by atoms with van der Waals surface area (Å²) in [5.41, 5.74) is 0.745. The van der Waals surface area contributed by atoms with E-state index in [1.807, 2.05) is 54.6 Å². The van der Waals surface area contributed by atoms with E-state index in [2.05, 4.69) is 10.6 Å². The quantitative estimate of drug-likeness (QED) is 0.571. The Hall–Kier alpha value is -2.47. The van der Waals surface area contributed by atoms with Gasteiger partial charge in [-0.2, -0.15) is 0 Å². The predicted molar refractivity (Wildman–Crippen MR) is 96.4 cm³/mol. The summed E-state index contributed by atoms with van der Waals surface area (Å²) in [5, 5.41) is 5.52. The van der Waals surface area contributed by atoms with Crippen LogP contribution in [0, 0.1) is 0 Å². The highest BCUT2D eigenvalue weighted by atomic mass is 32.2. The van der Waals surface area contributed by atoms with Crippen molar-refractivity contribution in [3.05, 3.63) is 54.6 Å². The molecule has 0 saturated heterocycles. The first kappa shape index (κ1) is 17.9. The third kappa shape index (κ3) is 6.75. The minimum atomic E-state index is -0.104. The van der Waals surface area contributed by atoms with Crippen LogP contribution in [-0.2, 0) is 9.59 Å². The highest BCUT2D eigenvalue weighted by molar-refractivity contribution is 8.00. The van der Waals surface area contributed by atoms with Crippen molar-refractivity contribution in [3.63, 3.8) is 0 Å². The smallest absolute Gasteiger partial charge is 0.230 e. The first-order valence-electron chi connectivity index (χ1n) is 7.58. The number of anilines is 1. The highest BCUT2D eigenvalue weighted by Gasteiger charge is 2.03. The topological polar surface area (TPSA) is 67.4 Å². The van der Waals surface area contributed by atoms with Crippen LogP contribution in [0.3, 0.4) is 0 Å². The van der Waals surface area contributed by atoms with Crippen molar-refractivity contribution in [1.29, 1.82) is 0 Å². The number of thioether (sulfide) groups is 1. The molecule has 0 bridgehead atoms. The lowest BCUT2D eigenvalue weighted by Crippen LogP contribution is -2.29. The number of para-hydroxylation sites is 1. The second-order valence-electron chi connectivity index (χ2n) is 5.01. The van der Waals surface area contributed by atoms with E-state index in [0.29, 0.717) is 18.9 Å². The molecule has 6 heteroatoms. The Bertz CT molecular complexity index is 660. The number of carbonyl (C=O) groups excluding carboxylic acids is 2. The fourth-order valence-electron chi connectivity index (χ4n) is 1.91. The minimum Gasteiger partial charge on any atom is -0.492 e. The largest absolute Gasteiger partial charge is 0.492 e. The van der Waals surface area contributed by atoms with Gasteiger partial charge in [0.05, 0.1) is 12.3 Å². The zero-order valence-corrected chi connectivity index (χ0v) is 14.3. The first-order chi connectivity index (χ1) is 11.6. The number of hydrogen-bond acceptors (Lipinski definition) is 4. The van der Waals surface area contributed by atoms with E-state index < -0.39 is 0 Å². The first-order valence-corrected chi connectivity index (χ1v) is 8.57. The van der Waals surface area contributed by atoms with E-state index >= 15 is 0 Å². The van der Waals surface area contributed by atoms with Crippen LogP contribution in [-0.4, -0.2) is 30.7 Å². The molecule has 0 unspecified atom stereocenters. The van der Waals surface area contributed by atoms with Gasteiger partial charge >= 0.3 is 0 Å². The zero-order valence-electron chi connectivity index (χ0n) is 13.5. The predicted octanol–water partition coefficient (Wildman–Crippen LogP) is 2.93. The molecule has 0 radical (unpaired) electrons. The lowest BCUT2D eigenvalue weighted by Gasteiger charge is -2.08. The fraction of sp³-hybridized carbons (Fsp3) is 0.222. The molecule has 24 heavy (non-hydrogen) atoms. The molecule has 0 aliphatic heterocycles. The summed E-state index contributed by atoms with van der Waals surface area (Å²) in [6, 6.07) is 16.9. The van der Waals surface area contributed by atoms with Crippen molar-refractivity contribution in [1.82, 2.24) is 5.32 Å². The van der Waals surface area contributed by atoms with Crippen LogP contribution in [0.15, 0.2) is 59.5 Å². The van der Waals surface area contributed by atoms with E-state index in [0.717, 1.165) is 16.3 Å². The van der Waals surface area contributed by atoms with Gasteiger partial charge in [0, 0.05) is 17.5 Å². The standard InChI is InChI=1S/C18H20N2O3S/c1-14(21)20-15-7-9-17(10-8-15)24-13-18(22)19-11-12-23-16-5-3-2-4-6-16/h2-10H,11-13H2,1H3,(H,19,22)(H,20,21). The van der Waals surface area contributed by atoms with E-state index in [9.17, 15) is 9.59 Å². The average molecular weight is 344 g/mol. The van der Waals surface area contributed by atoms with Crippen LogP contribution in [0.25, 0.3) is 0 Å². The van der Waals surface area contributed by atoms with E-state index in [4.69, 9.17) is 4.74 Å². The molecule has 0 fully saturated rings. The van der Waals surface area contributed by atoms with Gasteiger partial charge in [-0.3, -0.25) is 9.59 Å². The molecule has 2 aromatic rings. The van der Waals surface area contributed by atoms with Crippen LogP contribution in [0.5, 0.6) is 5.75 Å². The van der Waals surface area contributed by atoms with Crippen molar-refractivity contribution >= 4 is 29.3 Å². The Morgan fingerprint density at radius 2 is 1.75 bits per heavy atom. The summed E-state index contributed by atoms with van der Waals surface area (Å²) in [7, 11) is 0. The van der Waals surface area contributed by atoms with Crippen molar-refractivity contribution in [2.45, 2.75) is 11.8 Å².